The molecular weight excluding hydrogens is 365 g/mol. The number of nitrogens with zero attached hydrogens (tertiary/aromatic N) is 2. The van der Waals surface area contributed by atoms with Crippen molar-refractivity contribution in [2.45, 2.75) is 5.37 Å². The lowest BCUT2D eigenvalue weighted by molar-refractivity contribution is 0.0952. The first-order valence-corrected chi connectivity index (χ1v) is 7.90. The van der Waals surface area contributed by atoms with Gasteiger partial charge in [-0.25, -0.2) is 0 Å². The van der Waals surface area contributed by atoms with Crippen LogP contribution in [0.3, 0.4) is 0 Å². The number of rotatable bonds is 2. The molecule has 0 saturated heterocycles. The van der Waals surface area contributed by atoms with Crippen molar-refractivity contribution in [1.29, 1.82) is 0 Å². The van der Waals surface area contributed by atoms with Gasteiger partial charge in [-0.1, -0.05) is 24.3 Å². The Morgan fingerprint density at radius 1 is 1.12 bits per heavy atom. The first kappa shape index (κ1) is 18.4. The fraction of sp³-hybridized carbons (Fsp3) is 0.0588. The maximum atomic E-state index is 12.7. The van der Waals surface area contributed by atoms with Crippen LogP contribution in [0.5, 0.6) is 0 Å². The zero-order valence-corrected chi connectivity index (χ0v) is 14.9. The number of hydrogen-bond acceptors (Lipinski definition) is 4. The zero-order valence-electron chi connectivity index (χ0n) is 12.5. The normalized spacial score (nSPS) is 15.8. The van der Waals surface area contributed by atoms with Crippen LogP contribution in [-0.2, 0) is 0 Å². The lowest BCUT2D eigenvalue weighted by Crippen LogP contribution is -2.23. The highest BCUT2D eigenvalue weighted by atomic mass is 35.5. The molecule has 1 aliphatic heterocycles. The summed E-state index contributed by atoms with van der Waals surface area (Å²) in [5, 5.41) is 6.25. The van der Waals surface area contributed by atoms with E-state index in [0.717, 1.165) is 16.5 Å². The van der Waals surface area contributed by atoms with Crippen molar-refractivity contribution in [3.63, 3.8) is 0 Å². The number of para-hydroxylation sites is 1. The number of fused-ring (bicyclic) bond motifs is 1. The Morgan fingerprint density at radius 3 is 2.75 bits per heavy atom. The van der Waals surface area contributed by atoms with E-state index in [2.05, 4.69) is 10.3 Å². The van der Waals surface area contributed by atoms with E-state index in [1.807, 2.05) is 60.3 Å². The molecule has 0 radical (unpaired) electrons. The number of carbonyl (C=O) groups excluding carboxylic acids is 1. The Morgan fingerprint density at radius 2 is 1.96 bits per heavy atom. The number of carbonyl (C=O) groups is 1. The fourth-order valence-corrected chi connectivity index (χ4v) is 3.47. The van der Waals surface area contributed by atoms with Gasteiger partial charge < -0.3 is 5.32 Å². The van der Waals surface area contributed by atoms with Crippen LogP contribution in [0.25, 0.3) is 10.9 Å². The van der Waals surface area contributed by atoms with Gasteiger partial charge >= 0.3 is 0 Å². The summed E-state index contributed by atoms with van der Waals surface area (Å²) in [5.74, 6) is -0.0416. The van der Waals surface area contributed by atoms with Gasteiger partial charge in [-0.15, -0.1) is 36.6 Å². The molecule has 1 aromatic carbocycles. The third-order valence-corrected chi connectivity index (χ3v) is 4.68. The summed E-state index contributed by atoms with van der Waals surface area (Å²) in [4.78, 5) is 16.8. The summed E-state index contributed by atoms with van der Waals surface area (Å²) >= 11 is 1.59. The van der Waals surface area contributed by atoms with Gasteiger partial charge in [-0.05, 0) is 18.2 Å². The van der Waals surface area contributed by atoms with Gasteiger partial charge in [-0.3, -0.25) is 14.3 Å². The van der Waals surface area contributed by atoms with Crippen LogP contribution in [-0.4, -0.2) is 15.5 Å². The van der Waals surface area contributed by atoms with Gasteiger partial charge in [-0.2, -0.15) is 0 Å². The summed E-state index contributed by atoms with van der Waals surface area (Å²) in [5.41, 5.74) is 2.59. The van der Waals surface area contributed by atoms with Crippen LogP contribution < -0.4 is 5.32 Å². The average Bonchev–Trinajstić information content (AvgIpc) is 3.22. The van der Waals surface area contributed by atoms with Crippen LogP contribution in [0.15, 0.2) is 72.2 Å². The van der Waals surface area contributed by atoms with E-state index >= 15 is 0 Å². The summed E-state index contributed by atoms with van der Waals surface area (Å²) in [6.07, 6.45) is 5.38. The molecule has 1 unspecified atom stereocenters. The van der Waals surface area contributed by atoms with Gasteiger partial charge in [0.2, 0.25) is 0 Å². The van der Waals surface area contributed by atoms with Gasteiger partial charge in [0.1, 0.15) is 11.1 Å². The highest BCUT2D eigenvalue weighted by Gasteiger charge is 2.24. The smallest absolute Gasteiger partial charge is 0.279 e. The van der Waals surface area contributed by atoms with E-state index < -0.39 is 0 Å². The minimum atomic E-state index is -0.0416. The number of nitrogens with one attached hydrogen (secondary N) is 1. The molecule has 0 fully saturated rings. The van der Waals surface area contributed by atoms with Crippen molar-refractivity contribution in [1.82, 2.24) is 14.9 Å². The molecular formula is C17H15Cl2N3OS. The van der Waals surface area contributed by atoms with Gasteiger partial charge in [0, 0.05) is 34.9 Å². The summed E-state index contributed by atoms with van der Waals surface area (Å²) in [6.45, 7) is 0. The molecule has 4 rings (SSSR count). The van der Waals surface area contributed by atoms with Gasteiger partial charge in [0.25, 0.3) is 5.91 Å². The Labute approximate surface area is 156 Å². The van der Waals surface area contributed by atoms with Crippen LogP contribution in [0, 0.1) is 0 Å². The Kier molecular flexibility index (Phi) is 5.94. The second-order valence-electron chi connectivity index (χ2n) is 5.03. The van der Waals surface area contributed by atoms with Crippen LogP contribution in [0.4, 0.5) is 0 Å². The van der Waals surface area contributed by atoms with E-state index in [4.69, 9.17) is 0 Å². The molecule has 0 aliphatic carbocycles. The van der Waals surface area contributed by atoms with E-state index in [9.17, 15) is 4.79 Å². The van der Waals surface area contributed by atoms with Crippen molar-refractivity contribution in [3.05, 3.63) is 77.7 Å². The standard InChI is InChI=1S/C17H13N3OS.2ClH/c21-17(20-9-7-12-4-1-2-6-15(12)20)14-11-22-16(19-14)13-5-3-8-18-10-13;;/h1-11,16,19H;2*1H. The lowest BCUT2D eigenvalue weighted by Gasteiger charge is -2.12. The van der Waals surface area contributed by atoms with Crippen LogP contribution >= 0.6 is 36.6 Å². The zero-order chi connectivity index (χ0) is 14.9. The number of allylic oxidation sites excluding steroid dienone is 1. The molecule has 24 heavy (non-hydrogen) atoms. The quantitative estimate of drug-likeness (QED) is 0.716. The monoisotopic (exact) mass is 379 g/mol. The highest BCUT2D eigenvalue weighted by Crippen LogP contribution is 2.34. The average molecular weight is 380 g/mol. The molecule has 1 N–H and O–H groups in total. The molecule has 1 atom stereocenters. The van der Waals surface area contributed by atoms with Gasteiger partial charge in [0.05, 0.1) is 5.52 Å². The SMILES string of the molecule is Cl.Cl.O=C(C1=CSC(c2cccnc2)N1)n1ccc2ccccc21. The second kappa shape index (κ2) is 7.75. The van der Waals surface area contributed by atoms with E-state index in [0.29, 0.717) is 5.70 Å². The summed E-state index contributed by atoms with van der Waals surface area (Å²) in [6, 6.07) is 13.7. The van der Waals surface area contributed by atoms with Crippen molar-refractivity contribution < 1.29 is 4.79 Å². The van der Waals surface area contributed by atoms with E-state index in [1.54, 1.807) is 22.5 Å². The largest absolute Gasteiger partial charge is 0.364 e. The van der Waals surface area contributed by atoms with Crippen molar-refractivity contribution >= 4 is 53.4 Å². The van der Waals surface area contributed by atoms with E-state index in [-0.39, 0.29) is 36.1 Å². The first-order chi connectivity index (χ1) is 10.8. The molecule has 3 aromatic rings. The molecule has 0 spiro atoms. The maximum absolute atomic E-state index is 12.7. The summed E-state index contributed by atoms with van der Waals surface area (Å²) < 4.78 is 1.68. The Hall–Kier alpha value is -1.95. The third-order valence-electron chi connectivity index (χ3n) is 3.64. The predicted molar refractivity (Wildman–Crippen MR) is 103 cm³/mol. The number of aromatic nitrogens is 2. The first-order valence-electron chi connectivity index (χ1n) is 6.96. The fourth-order valence-electron chi connectivity index (χ4n) is 2.54. The number of thioether (sulfide) groups is 1. The maximum Gasteiger partial charge on any atom is 0.279 e. The van der Waals surface area contributed by atoms with Gasteiger partial charge in [0.15, 0.2) is 0 Å². The molecule has 2 aromatic heterocycles. The van der Waals surface area contributed by atoms with Crippen molar-refractivity contribution in [2.75, 3.05) is 0 Å². The van der Waals surface area contributed by atoms with Crippen molar-refractivity contribution in [3.8, 4) is 0 Å². The predicted octanol–water partition coefficient (Wildman–Crippen LogP) is 4.40. The number of hydrogen-bond donors (Lipinski definition) is 1. The molecule has 3 heterocycles. The number of pyridine rings is 1. The Balaban J connectivity index is 0.00000104. The molecule has 0 saturated carbocycles. The molecule has 0 bridgehead atoms. The number of benzene rings is 1. The minimum absolute atomic E-state index is 0. The third kappa shape index (κ3) is 3.29. The number of halogens is 2. The molecule has 1 aliphatic rings. The minimum Gasteiger partial charge on any atom is -0.364 e. The molecule has 7 heteroatoms. The van der Waals surface area contributed by atoms with Crippen LogP contribution in [0.2, 0.25) is 0 Å². The Bertz CT molecular complexity index is 880. The molecule has 124 valence electrons. The lowest BCUT2D eigenvalue weighted by atomic mass is 10.2. The van der Waals surface area contributed by atoms with Crippen LogP contribution in [0.1, 0.15) is 15.7 Å². The van der Waals surface area contributed by atoms with Crippen molar-refractivity contribution in [2.24, 2.45) is 0 Å². The highest BCUT2D eigenvalue weighted by molar-refractivity contribution is 8.02. The molecule has 0 amide bonds. The molecule has 4 nitrogen and oxygen atoms in total. The van der Waals surface area contributed by atoms with E-state index in [1.165, 1.54) is 0 Å². The summed E-state index contributed by atoms with van der Waals surface area (Å²) in [7, 11) is 0. The topological polar surface area (TPSA) is 46.9 Å². The second-order valence-corrected chi connectivity index (χ2v) is 6.01.